The number of aromatic hydroxyl groups is 1. The average Bonchev–Trinajstić information content (AvgIpc) is 2.74. The smallest absolute Gasteiger partial charge is 0.254 e. The third kappa shape index (κ3) is 3.99. The minimum atomic E-state index is -0.107. The van der Waals surface area contributed by atoms with E-state index in [0.717, 1.165) is 16.8 Å². The van der Waals surface area contributed by atoms with Crippen molar-refractivity contribution in [3.8, 4) is 28.6 Å². The van der Waals surface area contributed by atoms with Gasteiger partial charge in [-0.3, -0.25) is 9.69 Å². The molecule has 0 saturated carbocycles. The second kappa shape index (κ2) is 8.38. The molecule has 7 nitrogen and oxygen atoms in total. The molecule has 1 aromatic heterocycles. The first-order chi connectivity index (χ1) is 14.5. The van der Waals surface area contributed by atoms with Crippen molar-refractivity contribution in [3.05, 3.63) is 68.6 Å². The van der Waals surface area contributed by atoms with Gasteiger partial charge in [0.15, 0.2) is 0 Å². The number of fused-ring (bicyclic) bond motifs is 1. The summed E-state index contributed by atoms with van der Waals surface area (Å²) >= 11 is 5.97. The Hall–Kier alpha value is -3.03. The highest BCUT2D eigenvalue weighted by Crippen LogP contribution is 2.35. The zero-order chi connectivity index (χ0) is 21.3. The van der Waals surface area contributed by atoms with Crippen LogP contribution in [0.3, 0.4) is 0 Å². The van der Waals surface area contributed by atoms with Crippen LogP contribution in [0.25, 0.3) is 11.4 Å². The molecule has 0 saturated heterocycles. The van der Waals surface area contributed by atoms with Gasteiger partial charge in [0.2, 0.25) is 0 Å². The molecule has 1 aliphatic heterocycles. The van der Waals surface area contributed by atoms with E-state index in [1.54, 1.807) is 38.5 Å². The molecule has 0 fully saturated rings. The summed E-state index contributed by atoms with van der Waals surface area (Å²) in [7, 11) is 3.12. The molecular formula is C22H22ClN3O4. The fraction of sp³-hybridized carbons (Fsp3) is 0.273. The van der Waals surface area contributed by atoms with Crippen LogP contribution in [-0.4, -0.2) is 40.7 Å². The first kappa shape index (κ1) is 20.3. The average molecular weight is 428 g/mol. The van der Waals surface area contributed by atoms with Crippen molar-refractivity contribution in [1.82, 2.24) is 14.9 Å². The maximum absolute atomic E-state index is 12.6. The number of phenols is 1. The summed E-state index contributed by atoms with van der Waals surface area (Å²) in [4.78, 5) is 22.4. The first-order valence-corrected chi connectivity index (χ1v) is 9.90. The zero-order valence-corrected chi connectivity index (χ0v) is 17.5. The predicted octanol–water partition coefficient (Wildman–Crippen LogP) is 3.37. The standard InChI is InChI=1S/C22H22ClN3O4/c1-29-19-9-15(27)10-20(30-2)17(19)11-26-8-7-16-18(12-26)24-21(25-22(16)28)13-3-5-14(23)6-4-13/h3-6,9-10,27H,7-8,11-12H2,1-2H3,(H,24,25,28). The number of rotatable bonds is 5. The molecule has 0 aliphatic carbocycles. The van der Waals surface area contributed by atoms with Crippen molar-refractivity contribution in [1.29, 1.82) is 0 Å². The lowest BCUT2D eigenvalue weighted by Gasteiger charge is -2.28. The summed E-state index contributed by atoms with van der Waals surface area (Å²) in [5, 5.41) is 10.5. The summed E-state index contributed by atoms with van der Waals surface area (Å²) in [6, 6.07) is 10.3. The Bertz CT molecular complexity index is 1100. The maximum atomic E-state index is 12.6. The van der Waals surface area contributed by atoms with Gasteiger partial charge >= 0.3 is 0 Å². The molecule has 2 N–H and O–H groups in total. The third-order valence-electron chi connectivity index (χ3n) is 5.24. The molecule has 8 heteroatoms. The number of aromatic amines is 1. The Kier molecular flexibility index (Phi) is 5.65. The van der Waals surface area contributed by atoms with E-state index in [2.05, 4.69) is 9.88 Å². The van der Waals surface area contributed by atoms with Crippen molar-refractivity contribution < 1.29 is 14.6 Å². The van der Waals surface area contributed by atoms with Crippen LogP contribution in [0, 0.1) is 0 Å². The van der Waals surface area contributed by atoms with Crippen LogP contribution in [0.15, 0.2) is 41.2 Å². The molecule has 0 bridgehead atoms. The van der Waals surface area contributed by atoms with Crippen LogP contribution < -0.4 is 15.0 Å². The fourth-order valence-corrected chi connectivity index (χ4v) is 3.85. The molecule has 0 amide bonds. The first-order valence-electron chi connectivity index (χ1n) is 9.52. The van der Waals surface area contributed by atoms with E-state index < -0.39 is 0 Å². The lowest BCUT2D eigenvalue weighted by Crippen LogP contribution is -2.35. The van der Waals surface area contributed by atoms with E-state index in [1.165, 1.54) is 0 Å². The Balaban J connectivity index is 1.64. The lowest BCUT2D eigenvalue weighted by atomic mass is 10.0. The molecule has 2 aromatic carbocycles. The number of hydrogen-bond acceptors (Lipinski definition) is 6. The van der Waals surface area contributed by atoms with Gasteiger partial charge in [-0.05, 0) is 30.7 Å². The number of nitrogens with one attached hydrogen (secondary N) is 1. The normalized spacial score (nSPS) is 13.7. The number of benzene rings is 2. The molecule has 4 rings (SSSR count). The van der Waals surface area contributed by atoms with E-state index in [0.29, 0.717) is 54.0 Å². The second-order valence-corrected chi connectivity index (χ2v) is 7.57. The number of ether oxygens (including phenoxy) is 2. The molecule has 30 heavy (non-hydrogen) atoms. The molecule has 0 unspecified atom stereocenters. The highest BCUT2D eigenvalue weighted by atomic mass is 35.5. The van der Waals surface area contributed by atoms with Crippen molar-refractivity contribution in [2.45, 2.75) is 19.5 Å². The SMILES string of the molecule is COc1cc(O)cc(OC)c1CN1CCc2c(nc(-c3ccc(Cl)cc3)[nH]c2=O)C1. The molecule has 156 valence electrons. The quantitative estimate of drug-likeness (QED) is 0.649. The van der Waals surface area contributed by atoms with Crippen LogP contribution >= 0.6 is 11.6 Å². The molecule has 3 aromatic rings. The Morgan fingerprint density at radius 3 is 2.47 bits per heavy atom. The molecule has 0 radical (unpaired) electrons. The molecule has 0 atom stereocenters. The highest BCUT2D eigenvalue weighted by Gasteiger charge is 2.24. The van der Waals surface area contributed by atoms with E-state index in [1.807, 2.05) is 12.1 Å². The highest BCUT2D eigenvalue weighted by molar-refractivity contribution is 6.30. The second-order valence-electron chi connectivity index (χ2n) is 7.14. The van der Waals surface area contributed by atoms with Crippen LogP contribution in [0.2, 0.25) is 5.02 Å². The van der Waals surface area contributed by atoms with Crippen molar-refractivity contribution >= 4 is 11.6 Å². The zero-order valence-electron chi connectivity index (χ0n) is 16.7. The van der Waals surface area contributed by atoms with Gasteiger partial charge in [-0.1, -0.05) is 11.6 Å². The van der Waals surface area contributed by atoms with Gasteiger partial charge in [-0.15, -0.1) is 0 Å². The minimum Gasteiger partial charge on any atom is -0.508 e. The van der Waals surface area contributed by atoms with Crippen LogP contribution in [0.1, 0.15) is 16.8 Å². The van der Waals surface area contributed by atoms with Gasteiger partial charge in [0, 0.05) is 47.9 Å². The number of halogens is 1. The van der Waals surface area contributed by atoms with Gasteiger partial charge in [0.1, 0.15) is 23.1 Å². The summed E-state index contributed by atoms with van der Waals surface area (Å²) in [5.74, 6) is 1.71. The van der Waals surface area contributed by atoms with E-state index >= 15 is 0 Å². The van der Waals surface area contributed by atoms with Crippen molar-refractivity contribution in [2.75, 3.05) is 20.8 Å². The van der Waals surface area contributed by atoms with E-state index in [-0.39, 0.29) is 11.3 Å². The lowest BCUT2D eigenvalue weighted by molar-refractivity contribution is 0.232. The summed E-state index contributed by atoms with van der Waals surface area (Å²) in [5.41, 5.74) is 3.01. The number of phenolic OH excluding ortho intramolecular Hbond substituents is 1. The van der Waals surface area contributed by atoms with Crippen LogP contribution in [-0.2, 0) is 19.5 Å². The number of H-pyrrole nitrogens is 1. The number of hydrogen-bond donors (Lipinski definition) is 2. The van der Waals surface area contributed by atoms with Gasteiger partial charge < -0.3 is 19.6 Å². The van der Waals surface area contributed by atoms with Crippen LogP contribution in [0.5, 0.6) is 17.2 Å². The summed E-state index contributed by atoms with van der Waals surface area (Å²) in [6.07, 6.45) is 0.598. The van der Waals surface area contributed by atoms with Crippen molar-refractivity contribution in [3.63, 3.8) is 0 Å². The van der Waals surface area contributed by atoms with Gasteiger partial charge in [-0.25, -0.2) is 4.98 Å². The van der Waals surface area contributed by atoms with Crippen LogP contribution in [0.4, 0.5) is 0 Å². The minimum absolute atomic E-state index is 0.0808. The molecule has 1 aliphatic rings. The summed E-state index contributed by atoms with van der Waals surface area (Å²) < 4.78 is 10.9. The largest absolute Gasteiger partial charge is 0.508 e. The predicted molar refractivity (Wildman–Crippen MR) is 114 cm³/mol. The number of aromatic nitrogens is 2. The molecular weight excluding hydrogens is 406 g/mol. The van der Waals surface area contributed by atoms with Gasteiger partial charge in [0.05, 0.1) is 25.5 Å². The molecule has 2 heterocycles. The topological polar surface area (TPSA) is 87.7 Å². The Morgan fingerprint density at radius 1 is 1.17 bits per heavy atom. The Morgan fingerprint density at radius 2 is 1.83 bits per heavy atom. The molecule has 0 spiro atoms. The van der Waals surface area contributed by atoms with Gasteiger partial charge in [-0.2, -0.15) is 0 Å². The monoisotopic (exact) mass is 427 g/mol. The van der Waals surface area contributed by atoms with Crippen molar-refractivity contribution in [2.24, 2.45) is 0 Å². The van der Waals surface area contributed by atoms with E-state index in [9.17, 15) is 9.90 Å². The third-order valence-corrected chi connectivity index (χ3v) is 5.50. The van der Waals surface area contributed by atoms with E-state index in [4.69, 9.17) is 26.1 Å². The number of nitrogens with zero attached hydrogens (tertiary/aromatic N) is 2. The summed E-state index contributed by atoms with van der Waals surface area (Å²) in [6.45, 7) is 1.76. The number of methoxy groups -OCH3 is 2. The van der Waals surface area contributed by atoms with Gasteiger partial charge in [0.25, 0.3) is 5.56 Å². The maximum Gasteiger partial charge on any atom is 0.254 e. The fourth-order valence-electron chi connectivity index (χ4n) is 3.72. The Labute approximate surface area is 178 Å².